The number of hydrogen-bond donors (Lipinski definition) is 1. The normalized spacial score (nSPS) is 25.1. The van der Waals surface area contributed by atoms with Gasteiger partial charge in [-0.2, -0.15) is 0 Å². The Balaban J connectivity index is 1.44. The van der Waals surface area contributed by atoms with E-state index in [-0.39, 0.29) is 0 Å². The molecule has 0 spiro atoms. The molecular formula is C18H28N2. The van der Waals surface area contributed by atoms with Gasteiger partial charge in [-0.05, 0) is 30.9 Å². The Morgan fingerprint density at radius 3 is 2.70 bits per heavy atom. The van der Waals surface area contributed by atoms with Crippen LogP contribution in [0.1, 0.15) is 37.7 Å². The van der Waals surface area contributed by atoms with Crippen LogP contribution in [0, 0.1) is 5.92 Å². The van der Waals surface area contributed by atoms with Gasteiger partial charge in [0.05, 0.1) is 0 Å². The number of nitrogens with zero attached hydrogens (tertiary/aromatic N) is 1. The number of hydrogen-bond acceptors (Lipinski definition) is 2. The van der Waals surface area contributed by atoms with Gasteiger partial charge in [-0.25, -0.2) is 0 Å². The molecule has 0 radical (unpaired) electrons. The number of rotatable bonds is 5. The van der Waals surface area contributed by atoms with E-state index in [2.05, 4.69) is 40.5 Å². The van der Waals surface area contributed by atoms with E-state index in [9.17, 15) is 0 Å². The third kappa shape index (κ3) is 4.07. The van der Waals surface area contributed by atoms with E-state index in [1.807, 2.05) is 0 Å². The van der Waals surface area contributed by atoms with Crippen LogP contribution in [0.25, 0.3) is 0 Å². The van der Waals surface area contributed by atoms with Gasteiger partial charge in [-0.3, -0.25) is 0 Å². The third-order valence-corrected chi connectivity index (χ3v) is 4.99. The summed E-state index contributed by atoms with van der Waals surface area (Å²) in [5.41, 5.74) is 1.46. The highest BCUT2D eigenvalue weighted by Crippen LogP contribution is 2.27. The first-order valence-corrected chi connectivity index (χ1v) is 8.40. The summed E-state index contributed by atoms with van der Waals surface area (Å²) in [5, 5.41) is 3.68. The molecule has 1 unspecified atom stereocenters. The molecule has 1 aliphatic carbocycles. The molecular weight excluding hydrogens is 244 g/mol. The summed E-state index contributed by atoms with van der Waals surface area (Å²) in [6.45, 7) is 4.93. The second kappa shape index (κ2) is 7.24. The topological polar surface area (TPSA) is 15.3 Å². The van der Waals surface area contributed by atoms with Crippen molar-refractivity contribution >= 4 is 0 Å². The SMILES string of the molecule is c1ccc(CC2CN(CCC3CCCC3)CCN2)cc1. The zero-order valence-corrected chi connectivity index (χ0v) is 12.6. The average Bonchev–Trinajstić information content (AvgIpc) is 3.00. The monoisotopic (exact) mass is 272 g/mol. The van der Waals surface area contributed by atoms with Gasteiger partial charge >= 0.3 is 0 Å². The lowest BCUT2D eigenvalue weighted by atomic mass is 10.0. The predicted octanol–water partition coefficient (Wildman–Crippen LogP) is 3.08. The van der Waals surface area contributed by atoms with Crippen molar-refractivity contribution in [2.45, 2.75) is 44.6 Å². The Morgan fingerprint density at radius 1 is 1.10 bits per heavy atom. The Labute approximate surface area is 123 Å². The summed E-state index contributed by atoms with van der Waals surface area (Å²) < 4.78 is 0. The number of piperazine rings is 1. The van der Waals surface area contributed by atoms with Crippen LogP contribution in [-0.2, 0) is 6.42 Å². The van der Waals surface area contributed by atoms with Crippen molar-refractivity contribution in [1.29, 1.82) is 0 Å². The molecule has 0 aromatic heterocycles. The van der Waals surface area contributed by atoms with Crippen LogP contribution in [0.2, 0.25) is 0 Å². The van der Waals surface area contributed by atoms with E-state index >= 15 is 0 Å². The molecule has 1 heterocycles. The van der Waals surface area contributed by atoms with Crippen molar-refractivity contribution in [1.82, 2.24) is 10.2 Å². The van der Waals surface area contributed by atoms with Crippen LogP contribution in [0.4, 0.5) is 0 Å². The zero-order valence-electron chi connectivity index (χ0n) is 12.6. The second-order valence-corrected chi connectivity index (χ2v) is 6.58. The largest absolute Gasteiger partial charge is 0.311 e. The highest BCUT2D eigenvalue weighted by Gasteiger charge is 2.21. The lowest BCUT2D eigenvalue weighted by molar-refractivity contribution is 0.187. The van der Waals surface area contributed by atoms with Crippen LogP contribution in [-0.4, -0.2) is 37.1 Å². The lowest BCUT2D eigenvalue weighted by Crippen LogP contribution is -2.51. The summed E-state index contributed by atoms with van der Waals surface area (Å²) in [5.74, 6) is 1.03. The maximum absolute atomic E-state index is 3.68. The maximum Gasteiger partial charge on any atom is 0.0235 e. The number of nitrogens with one attached hydrogen (secondary N) is 1. The van der Waals surface area contributed by atoms with E-state index in [0.717, 1.165) is 12.5 Å². The molecule has 20 heavy (non-hydrogen) atoms. The molecule has 3 rings (SSSR count). The standard InChI is InChI=1S/C18H28N2/c1-2-8-17(9-3-1)14-18-15-20(13-11-19-18)12-10-16-6-4-5-7-16/h1-3,8-9,16,18-19H,4-7,10-15H2. The average molecular weight is 272 g/mol. The highest BCUT2D eigenvalue weighted by atomic mass is 15.2. The van der Waals surface area contributed by atoms with Crippen molar-refractivity contribution in [3.63, 3.8) is 0 Å². The molecule has 1 aliphatic heterocycles. The zero-order chi connectivity index (χ0) is 13.6. The molecule has 0 bridgehead atoms. The van der Waals surface area contributed by atoms with Crippen molar-refractivity contribution in [3.05, 3.63) is 35.9 Å². The summed E-state index contributed by atoms with van der Waals surface area (Å²) in [6, 6.07) is 11.5. The van der Waals surface area contributed by atoms with Gasteiger partial charge in [0, 0.05) is 25.7 Å². The number of benzene rings is 1. The molecule has 2 heteroatoms. The van der Waals surface area contributed by atoms with Gasteiger partial charge in [0.25, 0.3) is 0 Å². The molecule has 1 saturated carbocycles. The molecule has 0 amide bonds. The van der Waals surface area contributed by atoms with Crippen LogP contribution in [0.15, 0.2) is 30.3 Å². The van der Waals surface area contributed by atoms with Crippen LogP contribution < -0.4 is 5.32 Å². The van der Waals surface area contributed by atoms with Gasteiger partial charge < -0.3 is 10.2 Å². The minimum absolute atomic E-state index is 0.634. The van der Waals surface area contributed by atoms with Crippen molar-refractivity contribution in [2.24, 2.45) is 5.92 Å². The lowest BCUT2D eigenvalue weighted by Gasteiger charge is -2.34. The Kier molecular flexibility index (Phi) is 5.10. The summed E-state index contributed by atoms with van der Waals surface area (Å²) in [7, 11) is 0. The van der Waals surface area contributed by atoms with Crippen LogP contribution in [0.5, 0.6) is 0 Å². The van der Waals surface area contributed by atoms with Gasteiger partial charge in [0.15, 0.2) is 0 Å². The maximum atomic E-state index is 3.68. The highest BCUT2D eigenvalue weighted by molar-refractivity contribution is 5.16. The van der Waals surface area contributed by atoms with Gasteiger partial charge in [0.2, 0.25) is 0 Å². The van der Waals surface area contributed by atoms with E-state index in [0.29, 0.717) is 6.04 Å². The van der Waals surface area contributed by atoms with Crippen LogP contribution in [0.3, 0.4) is 0 Å². The molecule has 1 aromatic rings. The smallest absolute Gasteiger partial charge is 0.0235 e. The molecule has 2 nitrogen and oxygen atoms in total. The summed E-state index contributed by atoms with van der Waals surface area (Å²) in [4.78, 5) is 2.68. The Morgan fingerprint density at radius 2 is 1.90 bits per heavy atom. The minimum Gasteiger partial charge on any atom is -0.311 e. The molecule has 1 saturated heterocycles. The summed E-state index contributed by atoms with van der Waals surface area (Å²) >= 11 is 0. The van der Waals surface area contributed by atoms with E-state index in [1.54, 1.807) is 0 Å². The molecule has 2 aliphatic rings. The van der Waals surface area contributed by atoms with E-state index in [4.69, 9.17) is 0 Å². The first kappa shape index (κ1) is 14.1. The van der Waals surface area contributed by atoms with Gasteiger partial charge in [-0.15, -0.1) is 0 Å². The fourth-order valence-electron chi connectivity index (χ4n) is 3.80. The van der Waals surface area contributed by atoms with Crippen LogP contribution >= 0.6 is 0 Å². The molecule has 110 valence electrons. The second-order valence-electron chi connectivity index (χ2n) is 6.58. The minimum atomic E-state index is 0.634. The fourth-order valence-corrected chi connectivity index (χ4v) is 3.80. The molecule has 2 fully saturated rings. The molecule has 1 aromatic carbocycles. The Hall–Kier alpha value is -0.860. The first-order chi connectivity index (χ1) is 9.90. The molecule has 1 atom stereocenters. The van der Waals surface area contributed by atoms with E-state index < -0.39 is 0 Å². The quantitative estimate of drug-likeness (QED) is 0.886. The Bertz CT molecular complexity index is 384. The third-order valence-electron chi connectivity index (χ3n) is 4.99. The summed E-state index contributed by atoms with van der Waals surface area (Å²) in [6.07, 6.45) is 8.52. The fraction of sp³-hybridized carbons (Fsp3) is 0.667. The van der Waals surface area contributed by atoms with E-state index in [1.165, 1.54) is 63.7 Å². The van der Waals surface area contributed by atoms with Gasteiger partial charge in [0.1, 0.15) is 0 Å². The first-order valence-electron chi connectivity index (χ1n) is 8.40. The predicted molar refractivity (Wildman–Crippen MR) is 85.0 cm³/mol. The van der Waals surface area contributed by atoms with Crippen molar-refractivity contribution in [2.75, 3.05) is 26.2 Å². The molecule has 1 N–H and O–H groups in total. The van der Waals surface area contributed by atoms with Crippen molar-refractivity contribution < 1.29 is 0 Å². The van der Waals surface area contributed by atoms with Gasteiger partial charge in [-0.1, -0.05) is 56.0 Å². The van der Waals surface area contributed by atoms with Crippen molar-refractivity contribution in [3.8, 4) is 0 Å².